The third-order valence-electron chi connectivity index (χ3n) is 2.68. The van der Waals surface area contributed by atoms with Crippen molar-refractivity contribution in [2.24, 2.45) is 0 Å². The van der Waals surface area contributed by atoms with Gasteiger partial charge in [0.15, 0.2) is 0 Å². The summed E-state index contributed by atoms with van der Waals surface area (Å²) >= 11 is 1.69. The molecule has 0 radical (unpaired) electrons. The molecule has 0 saturated carbocycles. The molecule has 3 heterocycles. The first-order valence-electron chi connectivity index (χ1n) is 5.46. The average Bonchev–Trinajstić information content (AvgIpc) is 2.96. The van der Waals surface area contributed by atoms with Crippen molar-refractivity contribution in [1.82, 2.24) is 9.38 Å². The van der Waals surface area contributed by atoms with Crippen molar-refractivity contribution in [2.45, 2.75) is 6.42 Å². The third-order valence-corrected chi connectivity index (χ3v) is 3.56. The molecular formula is C13H10N2O2S. The summed E-state index contributed by atoms with van der Waals surface area (Å²) < 4.78 is 1.76. The molecule has 5 heteroatoms. The number of pyridine rings is 1. The number of fused-ring (bicyclic) bond motifs is 1. The van der Waals surface area contributed by atoms with E-state index in [9.17, 15) is 4.79 Å². The monoisotopic (exact) mass is 258 g/mol. The SMILES string of the molecule is O=C(O)c1ccc2nc(Cc3cccs3)cn2c1. The predicted molar refractivity (Wildman–Crippen MR) is 69.3 cm³/mol. The van der Waals surface area contributed by atoms with Crippen LogP contribution < -0.4 is 0 Å². The van der Waals surface area contributed by atoms with Crippen molar-refractivity contribution >= 4 is 23.0 Å². The van der Waals surface area contributed by atoms with Gasteiger partial charge in [-0.15, -0.1) is 11.3 Å². The van der Waals surface area contributed by atoms with Gasteiger partial charge in [-0.05, 0) is 23.6 Å². The number of carboxylic acid groups (broad SMARTS) is 1. The van der Waals surface area contributed by atoms with Crippen molar-refractivity contribution in [3.8, 4) is 0 Å². The lowest BCUT2D eigenvalue weighted by Crippen LogP contribution is -1.97. The minimum atomic E-state index is -0.926. The van der Waals surface area contributed by atoms with E-state index in [1.54, 1.807) is 34.1 Å². The minimum absolute atomic E-state index is 0.266. The van der Waals surface area contributed by atoms with Gasteiger partial charge in [-0.3, -0.25) is 0 Å². The Labute approximate surface area is 107 Å². The maximum Gasteiger partial charge on any atom is 0.337 e. The van der Waals surface area contributed by atoms with Crippen LogP contribution in [-0.4, -0.2) is 20.5 Å². The number of nitrogens with zero attached hydrogens (tertiary/aromatic N) is 2. The molecule has 90 valence electrons. The summed E-state index contributed by atoms with van der Waals surface area (Å²) in [6.45, 7) is 0. The summed E-state index contributed by atoms with van der Waals surface area (Å²) in [6.07, 6.45) is 4.24. The number of aromatic carboxylic acids is 1. The van der Waals surface area contributed by atoms with Crippen LogP contribution in [0.4, 0.5) is 0 Å². The molecule has 0 saturated heterocycles. The zero-order valence-corrected chi connectivity index (χ0v) is 10.2. The lowest BCUT2D eigenvalue weighted by molar-refractivity contribution is 0.0696. The highest BCUT2D eigenvalue weighted by Gasteiger charge is 2.07. The first-order chi connectivity index (χ1) is 8.72. The molecule has 3 aromatic rings. The van der Waals surface area contributed by atoms with Gasteiger partial charge in [0.2, 0.25) is 0 Å². The second-order valence-electron chi connectivity index (χ2n) is 3.98. The van der Waals surface area contributed by atoms with Crippen LogP contribution in [-0.2, 0) is 6.42 Å². The van der Waals surface area contributed by atoms with E-state index in [2.05, 4.69) is 11.1 Å². The molecule has 0 bridgehead atoms. The lowest BCUT2D eigenvalue weighted by atomic mass is 10.3. The van der Waals surface area contributed by atoms with Gasteiger partial charge in [-0.25, -0.2) is 9.78 Å². The third kappa shape index (κ3) is 2.00. The first-order valence-corrected chi connectivity index (χ1v) is 6.33. The molecule has 0 aromatic carbocycles. The number of rotatable bonds is 3. The number of thiophene rings is 1. The van der Waals surface area contributed by atoms with E-state index in [0.717, 1.165) is 17.8 Å². The molecular weight excluding hydrogens is 248 g/mol. The molecule has 0 fully saturated rings. The Bertz CT molecular complexity index is 701. The summed E-state index contributed by atoms with van der Waals surface area (Å²) in [5, 5.41) is 11.0. The van der Waals surface area contributed by atoms with Crippen LogP contribution in [0.2, 0.25) is 0 Å². The fourth-order valence-electron chi connectivity index (χ4n) is 1.85. The zero-order chi connectivity index (χ0) is 12.5. The van der Waals surface area contributed by atoms with E-state index in [1.807, 2.05) is 17.6 Å². The van der Waals surface area contributed by atoms with E-state index in [-0.39, 0.29) is 5.56 Å². The summed E-state index contributed by atoms with van der Waals surface area (Å²) in [5.74, 6) is -0.926. The Morgan fingerprint density at radius 1 is 1.33 bits per heavy atom. The van der Waals surface area contributed by atoms with Crippen LogP contribution in [0, 0.1) is 0 Å². The smallest absolute Gasteiger partial charge is 0.337 e. The first kappa shape index (κ1) is 11.0. The van der Waals surface area contributed by atoms with E-state index < -0.39 is 5.97 Å². The highest BCUT2D eigenvalue weighted by molar-refractivity contribution is 7.09. The Hall–Kier alpha value is -2.14. The van der Waals surface area contributed by atoms with Gasteiger partial charge in [0, 0.05) is 23.7 Å². The van der Waals surface area contributed by atoms with Crippen molar-refractivity contribution in [2.75, 3.05) is 0 Å². The Morgan fingerprint density at radius 3 is 2.94 bits per heavy atom. The number of aromatic nitrogens is 2. The molecule has 0 unspecified atom stereocenters. The van der Waals surface area contributed by atoms with Crippen molar-refractivity contribution in [3.63, 3.8) is 0 Å². The number of carbonyl (C=O) groups is 1. The maximum absolute atomic E-state index is 10.9. The average molecular weight is 258 g/mol. The van der Waals surface area contributed by atoms with Gasteiger partial charge in [0.1, 0.15) is 5.65 Å². The topological polar surface area (TPSA) is 54.6 Å². The van der Waals surface area contributed by atoms with Crippen LogP contribution in [0.25, 0.3) is 5.65 Å². The van der Waals surface area contributed by atoms with Crippen LogP contribution in [0.3, 0.4) is 0 Å². The minimum Gasteiger partial charge on any atom is -0.478 e. The standard InChI is InChI=1S/C13H10N2O2S/c16-13(17)9-3-4-12-14-10(8-15(12)7-9)6-11-2-1-5-18-11/h1-5,7-8H,6H2,(H,16,17). The summed E-state index contributed by atoms with van der Waals surface area (Å²) in [5.41, 5.74) is 1.98. The fourth-order valence-corrected chi connectivity index (χ4v) is 2.57. The molecule has 0 aliphatic rings. The van der Waals surface area contributed by atoms with Crippen molar-refractivity contribution < 1.29 is 9.90 Å². The molecule has 0 spiro atoms. The van der Waals surface area contributed by atoms with Gasteiger partial charge in [0.05, 0.1) is 11.3 Å². The molecule has 0 aliphatic carbocycles. The largest absolute Gasteiger partial charge is 0.478 e. The highest BCUT2D eigenvalue weighted by atomic mass is 32.1. The molecule has 4 nitrogen and oxygen atoms in total. The van der Waals surface area contributed by atoms with E-state index in [0.29, 0.717) is 0 Å². The zero-order valence-electron chi connectivity index (χ0n) is 9.41. The van der Waals surface area contributed by atoms with Gasteiger partial charge >= 0.3 is 5.97 Å². The van der Waals surface area contributed by atoms with Gasteiger partial charge < -0.3 is 9.51 Å². The summed E-state index contributed by atoms with van der Waals surface area (Å²) in [6, 6.07) is 7.37. The van der Waals surface area contributed by atoms with Gasteiger partial charge in [-0.2, -0.15) is 0 Å². The van der Waals surface area contributed by atoms with Gasteiger partial charge in [0.25, 0.3) is 0 Å². The molecule has 3 rings (SSSR count). The van der Waals surface area contributed by atoms with Crippen LogP contribution in [0.1, 0.15) is 20.9 Å². The Balaban J connectivity index is 1.98. The molecule has 0 aliphatic heterocycles. The van der Waals surface area contributed by atoms with E-state index >= 15 is 0 Å². The molecule has 3 aromatic heterocycles. The van der Waals surface area contributed by atoms with Crippen molar-refractivity contribution in [3.05, 3.63) is 58.2 Å². The highest BCUT2D eigenvalue weighted by Crippen LogP contribution is 2.15. The second-order valence-corrected chi connectivity index (χ2v) is 5.01. The predicted octanol–water partition coefficient (Wildman–Crippen LogP) is 2.68. The Morgan fingerprint density at radius 2 is 2.22 bits per heavy atom. The maximum atomic E-state index is 10.9. The molecule has 0 atom stereocenters. The quantitative estimate of drug-likeness (QED) is 0.785. The van der Waals surface area contributed by atoms with Crippen LogP contribution in [0.15, 0.2) is 42.0 Å². The Kier molecular flexibility index (Phi) is 2.60. The molecule has 18 heavy (non-hydrogen) atoms. The number of hydrogen-bond acceptors (Lipinski definition) is 3. The van der Waals surface area contributed by atoms with E-state index in [4.69, 9.17) is 5.11 Å². The van der Waals surface area contributed by atoms with Crippen LogP contribution in [0.5, 0.6) is 0 Å². The summed E-state index contributed by atoms with van der Waals surface area (Å²) in [7, 11) is 0. The number of imidazole rings is 1. The number of carboxylic acids is 1. The second kappa shape index (κ2) is 4.27. The lowest BCUT2D eigenvalue weighted by Gasteiger charge is -1.95. The molecule has 0 amide bonds. The van der Waals surface area contributed by atoms with E-state index in [1.165, 1.54) is 4.88 Å². The van der Waals surface area contributed by atoms with Crippen molar-refractivity contribution in [1.29, 1.82) is 0 Å². The normalized spacial score (nSPS) is 10.9. The van der Waals surface area contributed by atoms with Gasteiger partial charge in [-0.1, -0.05) is 6.07 Å². The van der Waals surface area contributed by atoms with Crippen LogP contribution >= 0.6 is 11.3 Å². The summed E-state index contributed by atoms with van der Waals surface area (Å²) in [4.78, 5) is 16.6. The number of hydrogen-bond donors (Lipinski definition) is 1. The fraction of sp³-hybridized carbons (Fsp3) is 0.0769. The molecule has 1 N–H and O–H groups in total.